The molecule has 108 valence electrons. The molecule has 0 bridgehead atoms. The Balaban J connectivity index is 2.14. The molecule has 0 aliphatic rings. The van der Waals surface area contributed by atoms with Crippen molar-refractivity contribution in [2.45, 2.75) is 26.8 Å². The van der Waals surface area contributed by atoms with Crippen LogP contribution in [-0.4, -0.2) is 16.6 Å². The third-order valence-electron chi connectivity index (χ3n) is 2.78. The number of alkyl halides is 3. The lowest BCUT2D eigenvalue weighted by molar-refractivity contribution is -0.274. The highest BCUT2D eigenvalue weighted by Gasteiger charge is 2.31. The van der Waals surface area contributed by atoms with Gasteiger partial charge in [0.1, 0.15) is 5.75 Å². The third kappa shape index (κ3) is 3.43. The van der Waals surface area contributed by atoms with Gasteiger partial charge in [0.15, 0.2) is 0 Å². The number of ether oxygens (including phenoxy) is 1. The van der Waals surface area contributed by atoms with Gasteiger partial charge in [0.05, 0.1) is 17.1 Å². The molecule has 0 aliphatic heterocycles. The highest BCUT2D eigenvalue weighted by atomic mass is 19.4. The van der Waals surface area contributed by atoms with Gasteiger partial charge in [-0.25, -0.2) is 0 Å². The van der Waals surface area contributed by atoms with E-state index in [0.717, 1.165) is 17.1 Å². The number of aromatic amines is 1. The zero-order valence-electron chi connectivity index (χ0n) is 11.0. The Labute approximate surface area is 114 Å². The maximum absolute atomic E-state index is 12.3. The second-order valence-corrected chi connectivity index (χ2v) is 4.32. The quantitative estimate of drug-likeness (QED) is 0.903. The van der Waals surface area contributed by atoms with E-state index < -0.39 is 6.36 Å². The van der Waals surface area contributed by atoms with Crippen molar-refractivity contribution in [3.8, 4) is 5.75 Å². The Morgan fingerprint density at radius 3 is 2.55 bits per heavy atom. The number of hydrogen-bond acceptors (Lipinski definition) is 3. The van der Waals surface area contributed by atoms with Crippen LogP contribution in [-0.2, 0) is 6.54 Å². The van der Waals surface area contributed by atoms with Crippen molar-refractivity contribution in [2.75, 3.05) is 5.32 Å². The minimum Gasteiger partial charge on any atom is -0.405 e. The van der Waals surface area contributed by atoms with Gasteiger partial charge in [0.2, 0.25) is 0 Å². The normalized spacial score (nSPS) is 11.4. The fraction of sp³-hybridized carbons (Fsp3) is 0.308. The molecule has 1 heterocycles. The summed E-state index contributed by atoms with van der Waals surface area (Å²) in [6.45, 7) is 3.86. The van der Waals surface area contributed by atoms with Crippen molar-refractivity contribution in [3.63, 3.8) is 0 Å². The predicted molar refractivity (Wildman–Crippen MR) is 68.5 cm³/mol. The van der Waals surface area contributed by atoms with Gasteiger partial charge < -0.3 is 10.1 Å². The first-order valence-electron chi connectivity index (χ1n) is 5.96. The molecule has 0 amide bonds. The SMILES string of the molecule is Cc1n[nH]c(C)c1NCc1ccccc1OC(F)(F)F. The number of benzene rings is 1. The molecule has 0 aliphatic carbocycles. The van der Waals surface area contributed by atoms with Crippen LogP contribution in [0.1, 0.15) is 17.0 Å². The minimum absolute atomic E-state index is 0.202. The summed E-state index contributed by atoms with van der Waals surface area (Å²) in [5.74, 6) is -0.202. The van der Waals surface area contributed by atoms with E-state index in [-0.39, 0.29) is 12.3 Å². The number of rotatable bonds is 4. The molecule has 2 aromatic rings. The summed E-state index contributed by atoms with van der Waals surface area (Å²) in [5.41, 5.74) is 2.80. The van der Waals surface area contributed by atoms with Crippen molar-refractivity contribution in [1.29, 1.82) is 0 Å². The first-order valence-corrected chi connectivity index (χ1v) is 5.96. The van der Waals surface area contributed by atoms with Gasteiger partial charge >= 0.3 is 6.36 Å². The lowest BCUT2D eigenvalue weighted by Crippen LogP contribution is -2.18. The van der Waals surface area contributed by atoms with Gasteiger partial charge in [-0.3, -0.25) is 5.10 Å². The van der Waals surface area contributed by atoms with E-state index in [1.54, 1.807) is 12.1 Å². The molecule has 0 saturated carbocycles. The van der Waals surface area contributed by atoms with E-state index in [4.69, 9.17) is 0 Å². The summed E-state index contributed by atoms with van der Waals surface area (Å²) in [7, 11) is 0. The van der Waals surface area contributed by atoms with Crippen molar-refractivity contribution in [3.05, 3.63) is 41.2 Å². The van der Waals surface area contributed by atoms with Gasteiger partial charge in [-0.05, 0) is 19.9 Å². The minimum atomic E-state index is -4.70. The maximum Gasteiger partial charge on any atom is 0.573 e. The summed E-state index contributed by atoms with van der Waals surface area (Å²) < 4.78 is 40.9. The Bertz CT molecular complexity index is 573. The molecule has 0 atom stereocenters. The monoisotopic (exact) mass is 285 g/mol. The second kappa shape index (κ2) is 5.44. The number of anilines is 1. The third-order valence-corrected chi connectivity index (χ3v) is 2.78. The van der Waals surface area contributed by atoms with Crippen LogP contribution in [0.2, 0.25) is 0 Å². The fourth-order valence-corrected chi connectivity index (χ4v) is 1.87. The number of nitrogens with zero attached hydrogens (tertiary/aromatic N) is 1. The van der Waals surface area contributed by atoms with Crippen LogP contribution in [0, 0.1) is 13.8 Å². The van der Waals surface area contributed by atoms with Crippen LogP contribution < -0.4 is 10.1 Å². The Hall–Kier alpha value is -2.18. The van der Waals surface area contributed by atoms with Crippen LogP contribution in [0.4, 0.5) is 18.9 Å². The van der Waals surface area contributed by atoms with E-state index in [0.29, 0.717) is 5.56 Å². The van der Waals surface area contributed by atoms with Gasteiger partial charge in [-0.15, -0.1) is 13.2 Å². The largest absolute Gasteiger partial charge is 0.573 e. The number of para-hydroxylation sites is 1. The van der Waals surface area contributed by atoms with Crippen molar-refractivity contribution in [1.82, 2.24) is 10.2 Å². The maximum atomic E-state index is 12.3. The summed E-state index contributed by atoms with van der Waals surface area (Å²) >= 11 is 0. The number of halogens is 3. The summed E-state index contributed by atoms with van der Waals surface area (Å²) in [4.78, 5) is 0. The number of hydrogen-bond donors (Lipinski definition) is 2. The topological polar surface area (TPSA) is 49.9 Å². The Morgan fingerprint density at radius 1 is 1.25 bits per heavy atom. The van der Waals surface area contributed by atoms with E-state index in [9.17, 15) is 13.2 Å². The highest BCUT2D eigenvalue weighted by molar-refractivity contribution is 5.52. The molecule has 0 radical (unpaired) electrons. The van der Waals surface area contributed by atoms with E-state index >= 15 is 0 Å². The van der Waals surface area contributed by atoms with E-state index in [2.05, 4.69) is 20.3 Å². The predicted octanol–water partition coefficient (Wildman–Crippen LogP) is 3.54. The van der Waals surface area contributed by atoms with Crippen LogP contribution >= 0.6 is 0 Å². The van der Waals surface area contributed by atoms with Gasteiger partial charge in [-0.1, -0.05) is 18.2 Å². The number of H-pyrrole nitrogens is 1. The van der Waals surface area contributed by atoms with Gasteiger partial charge in [0.25, 0.3) is 0 Å². The molecule has 0 unspecified atom stereocenters. The zero-order valence-corrected chi connectivity index (χ0v) is 11.0. The van der Waals surface area contributed by atoms with Crippen molar-refractivity contribution >= 4 is 5.69 Å². The van der Waals surface area contributed by atoms with Crippen molar-refractivity contribution < 1.29 is 17.9 Å². The smallest absolute Gasteiger partial charge is 0.405 e. The first-order chi connectivity index (χ1) is 9.37. The van der Waals surface area contributed by atoms with Gasteiger partial charge in [-0.2, -0.15) is 5.10 Å². The number of nitrogens with one attached hydrogen (secondary N) is 2. The molecule has 4 nitrogen and oxygen atoms in total. The molecule has 0 saturated heterocycles. The molecule has 1 aromatic heterocycles. The molecule has 2 rings (SSSR count). The molecular weight excluding hydrogens is 271 g/mol. The Morgan fingerprint density at radius 2 is 1.95 bits per heavy atom. The molecule has 1 aromatic carbocycles. The molecule has 7 heteroatoms. The van der Waals surface area contributed by atoms with E-state index in [1.807, 2.05) is 13.8 Å². The fourth-order valence-electron chi connectivity index (χ4n) is 1.87. The van der Waals surface area contributed by atoms with Crippen LogP contribution in [0.15, 0.2) is 24.3 Å². The summed E-state index contributed by atoms with van der Waals surface area (Å²) in [5, 5.41) is 9.88. The average Bonchev–Trinajstić information content (AvgIpc) is 2.66. The zero-order chi connectivity index (χ0) is 14.8. The lowest BCUT2D eigenvalue weighted by Gasteiger charge is -2.14. The number of aryl methyl sites for hydroxylation is 2. The molecule has 2 N–H and O–H groups in total. The molecule has 20 heavy (non-hydrogen) atoms. The second-order valence-electron chi connectivity index (χ2n) is 4.32. The highest BCUT2D eigenvalue weighted by Crippen LogP contribution is 2.27. The lowest BCUT2D eigenvalue weighted by atomic mass is 10.2. The standard InChI is InChI=1S/C13H14F3N3O/c1-8-12(9(2)19-18-8)17-7-10-5-3-4-6-11(10)20-13(14,15)16/h3-6,17H,7H2,1-2H3,(H,18,19). The van der Waals surface area contributed by atoms with Gasteiger partial charge in [0, 0.05) is 12.1 Å². The molecule has 0 fully saturated rings. The van der Waals surface area contributed by atoms with Crippen LogP contribution in [0.25, 0.3) is 0 Å². The first kappa shape index (κ1) is 14.2. The summed E-state index contributed by atoms with van der Waals surface area (Å²) in [6, 6.07) is 6.03. The molecular formula is C13H14F3N3O. The number of aromatic nitrogens is 2. The molecule has 0 spiro atoms. The van der Waals surface area contributed by atoms with Crippen LogP contribution in [0.5, 0.6) is 5.75 Å². The van der Waals surface area contributed by atoms with Crippen molar-refractivity contribution in [2.24, 2.45) is 0 Å². The summed E-state index contributed by atoms with van der Waals surface area (Å²) in [6.07, 6.45) is -4.70. The Kier molecular flexibility index (Phi) is 3.87. The average molecular weight is 285 g/mol. The van der Waals surface area contributed by atoms with E-state index in [1.165, 1.54) is 12.1 Å². The van der Waals surface area contributed by atoms with Crippen LogP contribution in [0.3, 0.4) is 0 Å².